The second-order valence-corrected chi connectivity index (χ2v) is 4.47. The predicted octanol–water partition coefficient (Wildman–Crippen LogP) is 1.31. The minimum Gasteiger partial charge on any atom is -0.394 e. The molecule has 0 saturated heterocycles. The van der Waals surface area contributed by atoms with Crippen molar-refractivity contribution in [2.45, 2.75) is 50.6 Å². The van der Waals surface area contributed by atoms with E-state index in [-0.39, 0.29) is 12.1 Å². The lowest BCUT2D eigenvalue weighted by Crippen LogP contribution is -2.50. The van der Waals surface area contributed by atoms with Crippen molar-refractivity contribution in [3.8, 4) is 0 Å². The van der Waals surface area contributed by atoms with E-state index < -0.39 is 0 Å². The van der Waals surface area contributed by atoms with Crippen LogP contribution in [-0.4, -0.2) is 37.0 Å². The van der Waals surface area contributed by atoms with Crippen LogP contribution >= 0.6 is 0 Å². The third-order valence-electron chi connectivity index (χ3n) is 3.17. The third-order valence-corrected chi connectivity index (χ3v) is 3.17. The molecule has 0 aromatic rings. The van der Waals surface area contributed by atoms with Gasteiger partial charge in [0, 0.05) is 25.3 Å². The molecule has 0 bridgehead atoms. The van der Waals surface area contributed by atoms with Gasteiger partial charge in [-0.1, -0.05) is 12.8 Å². The van der Waals surface area contributed by atoms with Crippen LogP contribution in [0, 0.1) is 0 Å². The normalized spacial score (nSPS) is 22.5. The summed E-state index contributed by atoms with van der Waals surface area (Å²) < 4.78 is 5.04. The summed E-state index contributed by atoms with van der Waals surface area (Å²) in [6.45, 7) is 3.22. The van der Waals surface area contributed by atoms with E-state index in [4.69, 9.17) is 4.74 Å². The molecule has 1 aliphatic rings. The molecule has 2 N–H and O–H groups in total. The van der Waals surface area contributed by atoms with Gasteiger partial charge < -0.3 is 15.2 Å². The minimum atomic E-state index is 0.00710. The van der Waals surface area contributed by atoms with Gasteiger partial charge in [0.25, 0.3) is 0 Å². The quantitative estimate of drug-likeness (QED) is 0.681. The molecule has 0 aliphatic heterocycles. The van der Waals surface area contributed by atoms with E-state index in [1.165, 1.54) is 12.8 Å². The molecule has 84 valence electrons. The highest BCUT2D eigenvalue weighted by Gasteiger charge is 2.33. The van der Waals surface area contributed by atoms with E-state index in [2.05, 4.69) is 12.2 Å². The summed E-state index contributed by atoms with van der Waals surface area (Å²) in [6.07, 6.45) is 5.72. The lowest BCUT2D eigenvalue weighted by molar-refractivity contribution is 0.136. The first-order valence-corrected chi connectivity index (χ1v) is 5.60. The summed E-state index contributed by atoms with van der Waals surface area (Å²) in [7, 11) is 1.73. The zero-order valence-corrected chi connectivity index (χ0v) is 9.38. The van der Waals surface area contributed by atoms with Crippen molar-refractivity contribution < 1.29 is 9.84 Å². The Kier molecular flexibility index (Phi) is 4.85. The topological polar surface area (TPSA) is 41.5 Å². The zero-order valence-electron chi connectivity index (χ0n) is 9.38. The van der Waals surface area contributed by atoms with E-state index in [0.717, 1.165) is 25.9 Å². The number of hydrogen-bond donors (Lipinski definition) is 2. The predicted molar refractivity (Wildman–Crippen MR) is 57.4 cm³/mol. The molecule has 14 heavy (non-hydrogen) atoms. The summed E-state index contributed by atoms with van der Waals surface area (Å²) >= 11 is 0. The van der Waals surface area contributed by atoms with Crippen molar-refractivity contribution in [3.05, 3.63) is 0 Å². The summed E-state index contributed by atoms with van der Waals surface area (Å²) in [5.41, 5.74) is 0.00710. The standard InChI is InChI=1S/C11H23NO2/c1-10(5-8-14-2)12-11(9-13)6-3-4-7-11/h10,12-13H,3-9H2,1-2H3. The highest BCUT2D eigenvalue weighted by molar-refractivity contribution is 4.93. The van der Waals surface area contributed by atoms with Crippen molar-refractivity contribution in [2.75, 3.05) is 20.3 Å². The van der Waals surface area contributed by atoms with Gasteiger partial charge in [-0.15, -0.1) is 0 Å². The molecule has 0 heterocycles. The van der Waals surface area contributed by atoms with Crippen LogP contribution < -0.4 is 5.32 Å². The number of ether oxygens (including phenoxy) is 1. The Bertz CT molecular complexity index is 155. The maximum absolute atomic E-state index is 9.40. The van der Waals surface area contributed by atoms with Crippen molar-refractivity contribution in [2.24, 2.45) is 0 Å². The number of nitrogens with one attached hydrogen (secondary N) is 1. The summed E-state index contributed by atoms with van der Waals surface area (Å²) in [5.74, 6) is 0. The highest BCUT2D eigenvalue weighted by Crippen LogP contribution is 2.29. The lowest BCUT2D eigenvalue weighted by atomic mass is 9.97. The van der Waals surface area contributed by atoms with Gasteiger partial charge in [-0.2, -0.15) is 0 Å². The molecule has 0 aromatic carbocycles. The number of rotatable bonds is 6. The van der Waals surface area contributed by atoms with Crippen LogP contribution in [0.1, 0.15) is 39.0 Å². The molecule has 3 heteroatoms. The van der Waals surface area contributed by atoms with Crippen LogP contribution in [0.3, 0.4) is 0 Å². The zero-order chi connectivity index (χ0) is 10.4. The van der Waals surface area contributed by atoms with Gasteiger partial charge in [-0.25, -0.2) is 0 Å². The molecule has 0 aromatic heterocycles. The van der Waals surface area contributed by atoms with Crippen LogP contribution in [0.4, 0.5) is 0 Å². The smallest absolute Gasteiger partial charge is 0.0613 e. The summed E-state index contributed by atoms with van der Waals surface area (Å²) in [6, 6.07) is 0.431. The van der Waals surface area contributed by atoms with E-state index in [0.29, 0.717) is 6.04 Å². The second kappa shape index (κ2) is 5.69. The van der Waals surface area contributed by atoms with Crippen LogP contribution in [-0.2, 0) is 4.74 Å². The third kappa shape index (κ3) is 3.23. The molecule has 1 rings (SSSR count). The number of methoxy groups -OCH3 is 1. The van der Waals surface area contributed by atoms with Gasteiger partial charge in [-0.05, 0) is 26.2 Å². The fourth-order valence-electron chi connectivity index (χ4n) is 2.29. The Morgan fingerprint density at radius 1 is 1.43 bits per heavy atom. The molecular formula is C11H23NO2. The van der Waals surface area contributed by atoms with Gasteiger partial charge >= 0.3 is 0 Å². The fraction of sp³-hybridized carbons (Fsp3) is 1.00. The first-order chi connectivity index (χ1) is 6.72. The van der Waals surface area contributed by atoms with Gasteiger partial charge in [-0.3, -0.25) is 0 Å². The maximum atomic E-state index is 9.40. The van der Waals surface area contributed by atoms with Gasteiger partial charge in [0.05, 0.1) is 6.61 Å². The summed E-state index contributed by atoms with van der Waals surface area (Å²) in [4.78, 5) is 0. The molecule has 1 saturated carbocycles. The minimum absolute atomic E-state index is 0.00710. The SMILES string of the molecule is COCCC(C)NC1(CO)CCCC1. The van der Waals surface area contributed by atoms with Crippen molar-refractivity contribution in [1.29, 1.82) is 0 Å². The van der Waals surface area contributed by atoms with E-state index in [1.807, 2.05) is 0 Å². The monoisotopic (exact) mass is 201 g/mol. The average Bonchev–Trinajstić information content (AvgIpc) is 2.64. The van der Waals surface area contributed by atoms with Crippen LogP contribution in [0.2, 0.25) is 0 Å². The Morgan fingerprint density at radius 3 is 2.57 bits per heavy atom. The highest BCUT2D eigenvalue weighted by atomic mass is 16.5. The van der Waals surface area contributed by atoms with Gasteiger partial charge in [0.2, 0.25) is 0 Å². The molecule has 3 nitrogen and oxygen atoms in total. The van der Waals surface area contributed by atoms with Gasteiger partial charge in [0.1, 0.15) is 0 Å². The molecule has 1 aliphatic carbocycles. The molecule has 0 spiro atoms. The Balaban J connectivity index is 2.32. The van der Waals surface area contributed by atoms with Crippen molar-refractivity contribution in [3.63, 3.8) is 0 Å². The largest absolute Gasteiger partial charge is 0.394 e. The number of hydrogen-bond acceptors (Lipinski definition) is 3. The lowest BCUT2D eigenvalue weighted by Gasteiger charge is -2.31. The molecule has 0 radical (unpaired) electrons. The Hall–Kier alpha value is -0.120. The van der Waals surface area contributed by atoms with E-state index in [1.54, 1.807) is 7.11 Å². The summed E-state index contributed by atoms with van der Waals surface area (Å²) in [5, 5.41) is 12.9. The van der Waals surface area contributed by atoms with Gasteiger partial charge in [0.15, 0.2) is 0 Å². The molecular weight excluding hydrogens is 178 g/mol. The van der Waals surface area contributed by atoms with Crippen LogP contribution in [0.25, 0.3) is 0 Å². The van der Waals surface area contributed by atoms with E-state index in [9.17, 15) is 5.11 Å². The Labute approximate surface area is 86.8 Å². The second-order valence-electron chi connectivity index (χ2n) is 4.47. The molecule has 1 fully saturated rings. The molecule has 1 unspecified atom stereocenters. The first-order valence-electron chi connectivity index (χ1n) is 5.60. The van der Waals surface area contributed by atoms with Crippen LogP contribution in [0.5, 0.6) is 0 Å². The average molecular weight is 201 g/mol. The number of aliphatic hydroxyl groups excluding tert-OH is 1. The van der Waals surface area contributed by atoms with Crippen LogP contribution in [0.15, 0.2) is 0 Å². The molecule has 1 atom stereocenters. The number of aliphatic hydroxyl groups is 1. The van der Waals surface area contributed by atoms with Crippen molar-refractivity contribution >= 4 is 0 Å². The maximum Gasteiger partial charge on any atom is 0.0613 e. The fourth-order valence-corrected chi connectivity index (χ4v) is 2.29. The Morgan fingerprint density at radius 2 is 2.07 bits per heavy atom. The first kappa shape index (κ1) is 12.0. The molecule has 0 amide bonds. The van der Waals surface area contributed by atoms with Crippen molar-refractivity contribution in [1.82, 2.24) is 5.32 Å². The van der Waals surface area contributed by atoms with E-state index >= 15 is 0 Å².